The molecule has 2 saturated heterocycles. The Morgan fingerprint density at radius 1 is 1.23 bits per heavy atom. The minimum atomic E-state index is -0.264. The standard InChI is InChI=1S/C23H36N4O3/c1-2-26-8-6-18-13-20(27-9-11-29-12-10-27)5-7-23(18,16-26)22(28)24-15-19-14-21(30-25-19)17-3-4-17/h14,17-18,20H,2-13,15-16H2,1H3,(H,24,28)/t18-,20+,23-/m1/s1. The number of amides is 1. The molecule has 4 aliphatic rings. The molecule has 0 radical (unpaired) electrons. The average Bonchev–Trinajstić information content (AvgIpc) is 3.55. The molecule has 1 N–H and O–H groups in total. The minimum Gasteiger partial charge on any atom is -0.379 e. The van der Waals surface area contributed by atoms with Crippen molar-refractivity contribution in [3.05, 3.63) is 17.5 Å². The lowest BCUT2D eigenvalue weighted by Gasteiger charge is -2.53. The highest BCUT2D eigenvalue weighted by Crippen LogP contribution is 2.48. The molecular weight excluding hydrogens is 380 g/mol. The Balaban J connectivity index is 1.26. The maximum atomic E-state index is 13.6. The maximum Gasteiger partial charge on any atom is 0.228 e. The van der Waals surface area contributed by atoms with Crippen LogP contribution in [0, 0.1) is 11.3 Å². The van der Waals surface area contributed by atoms with Gasteiger partial charge in [0.05, 0.1) is 25.2 Å². The van der Waals surface area contributed by atoms with Crippen LogP contribution in [0.25, 0.3) is 0 Å². The maximum absolute atomic E-state index is 13.6. The van der Waals surface area contributed by atoms with Gasteiger partial charge in [0.15, 0.2) is 0 Å². The molecule has 0 unspecified atom stereocenters. The largest absolute Gasteiger partial charge is 0.379 e. The van der Waals surface area contributed by atoms with E-state index < -0.39 is 0 Å². The van der Waals surface area contributed by atoms with E-state index >= 15 is 0 Å². The van der Waals surface area contributed by atoms with Crippen molar-refractivity contribution in [1.29, 1.82) is 0 Å². The fraction of sp³-hybridized carbons (Fsp3) is 0.826. The van der Waals surface area contributed by atoms with Crippen LogP contribution in [0.15, 0.2) is 10.6 Å². The molecule has 2 saturated carbocycles. The molecule has 5 rings (SSSR count). The number of aromatic nitrogens is 1. The number of piperidine rings is 1. The normalized spacial score (nSPS) is 33.2. The van der Waals surface area contributed by atoms with E-state index in [1.165, 1.54) is 12.8 Å². The van der Waals surface area contributed by atoms with E-state index in [2.05, 4.69) is 27.2 Å². The van der Waals surface area contributed by atoms with Crippen LogP contribution >= 0.6 is 0 Å². The van der Waals surface area contributed by atoms with Crippen molar-refractivity contribution in [3.8, 4) is 0 Å². The number of nitrogens with one attached hydrogen (secondary N) is 1. The molecule has 0 aromatic carbocycles. The van der Waals surface area contributed by atoms with Gasteiger partial charge in [0.25, 0.3) is 0 Å². The van der Waals surface area contributed by atoms with Crippen molar-refractivity contribution < 1.29 is 14.1 Å². The van der Waals surface area contributed by atoms with Crippen LogP contribution in [0.1, 0.15) is 62.8 Å². The van der Waals surface area contributed by atoms with Crippen molar-refractivity contribution in [2.75, 3.05) is 45.9 Å². The Kier molecular flexibility index (Phi) is 5.86. The lowest BCUT2D eigenvalue weighted by Crippen LogP contribution is -2.60. The molecule has 166 valence electrons. The number of morpholine rings is 1. The van der Waals surface area contributed by atoms with Gasteiger partial charge in [-0.3, -0.25) is 9.69 Å². The van der Waals surface area contributed by atoms with Crippen LogP contribution in [0.5, 0.6) is 0 Å². The molecule has 3 heterocycles. The predicted octanol–water partition coefficient (Wildman–Crippen LogP) is 2.38. The van der Waals surface area contributed by atoms with Gasteiger partial charge in [0, 0.05) is 37.7 Å². The van der Waals surface area contributed by atoms with E-state index in [-0.39, 0.29) is 11.3 Å². The Morgan fingerprint density at radius 3 is 2.83 bits per heavy atom. The number of likely N-dealkylation sites (tertiary alicyclic amines) is 1. The molecule has 0 spiro atoms. The van der Waals surface area contributed by atoms with Gasteiger partial charge < -0.3 is 19.5 Å². The third-order valence-corrected chi connectivity index (χ3v) is 8.01. The number of ether oxygens (including phenoxy) is 1. The summed E-state index contributed by atoms with van der Waals surface area (Å²) < 4.78 is 11.0. The summed E-state index contributed by atoms with van der Waals surface area (Å²) in [6.45, 7) is 9.46. The van der Waals surface area contributed by atoms with Gasteiger partial charge >= 0.3 is 0 Å². The van der Waals surface area contributed by atoms with Crippen LogP contribution in [-0.4, -0.2) is 72.8 Å². The van der Waals surface area contributed by atoms with Gasteiger partial charge in [-0.1, -0.05) is 12.1 Å². The Morgan fingerprint density at radius 2 is 2.07 bits per heavy atom. The van der Waals surface area contributed by atoms with Gasteiger partial charge in [-0.05, 0) is 57.5 Å². The predicted molar refractivity (Wildman–Crippen MR) is 113 cm³/mol. The summed E-state index contributed by atoms with van der Waals surface area (Å²) in [5.74, 6) is 2.22. The van der Waals surface area contributed by atoms with Crippen LogP contribution in [0.2, 0.25) is 0 Å². The molecule has 1 aromatic heterocycles. The summed E-state index contributed by atoms with van der Waals surface area (Å²) in [7, 11) is 0. The smallest absolute Gasteiger partial charge is 0.228 e. The number of hydrogen-bond acceptors (Lipinski definition) is 6. The topological polar surface area (TPSA) is 70.8 Å². The van der Waals surface area contributed by atoms with Gasteiger partial charge in [-0.25, -0.2) is 0 Å². The lowest BCUT2D eigenvalue weighted by molar-refractivity contribution is -0.145. The average molecular weight is 417 g/mol. The molecule has 2 aliphatic heterocycles. The van der Waals surface area contributed by atoms with Crippen molar-refractivity contribution in [1.82, 2.24) is 20.3 Å². The van der Waals surface area contributed by atoms with E-state index in [0.29, 0.717) is 24.4 Å². The number of rotatable bonds is 6. The highest BCUT2D eigenvalue weighted by Gasteiger charge is 2.52. The third-order valence-electron chi connectivity index (χ3n) is 8.01. The number of nitrogens with zero attached hydrogens (tertiary/aromatic N) is 3. The van der Waals surface area contributed by atoms with Crippen molar-refractivity contribution >= 4 is 5.91 Å². The Labute approximate surface area is 179 Å². The van der Waals surface area contributed by atoms with Gasteiger partial charge in [0.2, 0.25) is 5.91 Å². The third kappa shape index (κ3) is 4.04. The van der Waals surface area contributed by atoms with Crippen molar-refractivity contribution in [2.45, 2.75) is 64.0 Å². The quantitative estimate of drug-likeness (QED) is 0.768. The molecule has 1 aromatic rings. The molecule has 7 heteroatoms. The zero-order chi connectivity index (χ0) is 20.6. The summed E-state index contributed by atoms with van der Waals surface area (Å²) in [6.07, 6.45) is 6.75. The zero-order valence-corrected chi connectivity index (χ0v) is 18.3. The number of fused-ring (bicyclic) bond motifs is 1. The highest BCUT2D eigenvalue weighted by atomic mass is 16.5. The second-order valence-electron chi connectivity index (χ2n) is 9.76. The van der Waals surface area contributed by atoms with Crippen molar-refractivity contribution in [3.63, 3.8) is 0 Å². The van der Waals surface area contributed by atoms with Crippen LogP contribution < -0.4 is 5.32 Å². The van der Waals surface area contributed by atoms with E-state index in [1.54, 1.807) is 0 Å². The minimum absolute atomic E-state index is 0.224. The van der Waals surface area contributed by atoms with Crippen LogP contribution in [0.3, 0.4) is 0 Å². The van der Waals surface area contributed by atoms with E-state index in [4.69, 9.17) is 9.26 Å². The fourth-order valence-electron chi connectivity index (χ4n) is 5.95. The Bertz CT molecular complexity index is 743. The zero-order valence-electron chi connectivity index (χ0n) is 18.3. The first-order valence-electron chi connectivity index (χ1n) is 12.0. The summed E-state index contributed by atoms with van der Waals surface area (Å²) in [4.78, 5) is 18.7. The summed E-state index contributed by atoms with van der Waals surface area (Å²) >= 11 is 0. The second kappa shape index (κ2) is 8.60. The highest BCUT2D eigenvalue weighted by molar-refractivity contribution is 5.83. The van der Waals surface area contributed by atoms with Crippen LogP contribution in [0.4, 0.5) is 0 Å². The first-order valence-corrected chi connectivity index (χ1v) is 12.0. The van der Waals surface area contributed by atoms with E-state index in [1.807, 2.05) is 6.07 Å². The van der Waals surface area contributed by atoms with Gasteiger partial charge in [-0.15, -0.1) is 0 Å². The molecule has 7 nitrogen and oxygen atoms in total. The summed E-state index contributed by atoms with van der Waals surface area (Å²) in [6, 6.07) is 2.63. The number of carbonyl (C=O) groups excluding carboxylic acids is 1. The molecule has 0 bridgehead atoms. The molecule has 3 atom stereocenters. The Hall–Kier alpha value is -1.44. The molecule has 2 aliphatic carbocycles. The van der Waals surface area contributed by atoms with E-state index in [9.17, 15) is 4.79 Å². The number of hydrogen-bond donors (Lipinski definition) is 1. The SMILES string of the molecule is CCN1CC[C@@H]2C[C@@H](N3CCOCC3)CC[C@@]2(C(=O)NCc2cc(C3CC3)on2)C1. The first-order chi connectivity index (χ1) is 14.7. The molecule has 1 amide bonds. The summed E-state index contributed by atoms with van der Waals surface area (Å²) in [5.41, 5.74) is 0.587. The van der Waals surface area contributed by atoms with Gasteiger partial charge in [0.1, 0.15) is 11.5 Å². The summed E-state index contributed by atoms with van der Waals surface area (Å²) in [5, 5.41) is 7.43. The molecular formula is C23H36N4O3. The van der Waals surface area contributed by atoms with Gasteiger partial charge in [-0.2, -0.15) is 0 Å². The second-order valence-corrected chi connectivity index (χ2v) is 9.76. The first kappa shape index (κ1) is 20.5. The monoisotopic (exact) mass is 416 g/mol. The molecule has 30 heavy (non-hydrogen) atoms. The van der Waals surface area contributed by atoms with E-state index in [0.717, 1.165) is 83.1 Å². The van der Waals surface area contributed by atoms with Crippen LogP contribution in [-0.2, 0) is 16.1 Å². The fourth-order valence-corrected chi connectivity index (χ4v) is 5.95. The molecule has 4 fully saturated rings. The lowest BCUT2D eigenvalue weighted by atomic mass is 9.61. The van der Waals surface area contributed by atoms with Crippen molar-refractivity contribution in [2.24, 2.45) is 11.3 Å². The number of carbonyl (C=O) groups is 1.